The van der Waals surface area contributed by atoms with E-state index in [0.29, 0.717) is 6.04 Å². The van der Waals surface area contributed by atoms with Crippen molar-refractivity contribution < 1.29 is 5.11 Å². The van der Waals surface area contributed by atoms with Gasteiger partial charge in [0, 0.05) is 31.4 Å². The van der Waals surface area contributed by atoms with Crippen molar-refractivity contribution in [3.63, 3.8) is 0 Å². The summed E-state index contributed by atoms with van der Waals surface area (Å²) < 4.78 is 0. The van der Waals surface area contributed by atoms with E-state index in [1.807, 2.05) is 6.07 Å². The fraction of sp³-hybridized carbons (Fsp3) is 0.600. The van der Waals surface area contributed by atoms with Gasteiger partial charge >= 0.3 is 0 Å². The SMILES string of the molecule is CCC1CN(c2ccc(CO)c(C)c2)CCN1C. The van der Waals surface area contributed by atoms with Crippen LogP contribution >= 0.6 is 0 Å². The van der Waals surface area contributed by atoms with E-state index in [9.17, 15) is 5.11 Å². The minimum absolute atomic E-state index is 0.131. The number of aliphatic hydroxyl groups is 1. The Morgan fingerprint density at radius 2 is 2.11 bits per heavy atom. The molecule has 1 aromatic rings. The lowest BCUT2D eigenvalue weighted by Gasteiger charge is -2.40. The Labute approximate surface area is 110 Å². The van der Waals surface area contributed by atoms with Gasteiger partial charge in [-0.05, 0) is 43.7 Å². The van der Waals surface area contributed by atoms with E-state index in [2.05, 4.69) is 42.8 Å². The molecule has 3 nitrogen and oxygen atoms in total. The maximum Gasteiger partial charge on any atom is 0.0684 e. The Balaban J connectivity index is 2.14. The minimum atomic E-state index is 0.131. The van der Waals surface area contributed by atoms with E-state index in [-0.39, 0.29) is 6.61 Å². The van der Waals surface area contributed by atoms with Gasteiger partial charge in [0.25, 0.3) is 0 Å². The zero-order valence-corrected chi connectivity index (χ0v) is 11.7. The molecule has 0 amide bonds. The molecular formula is C15H24N2O. The van der Waals surface area contributed by atoms with Gasteiger partial charge in [-0.15, -0.1) is 0 Å². The Hall–Kier alpha value is -1.06. The van der Waals surface area contributed by atoms with Crippen molar-refractivity contribution in [3.05, 3.63) is 29.3 Å². The van der Waals surface area contributed by atoms with Gasteiger partial charge in [0.2, 0.25) is 0 Å². The fourth-order valence-corrected chi connectivity index (χ4v) is 2.68. The molecule has 18 heavy (non-hydrogen) atoms. The lowest BCUT2D eigenvalue weighted by atomic mass is 10.1. The average molecular weight is 248 g/mol. The Morgan fingerprint density at radius 1 is 1.33 bits per heavy atom. The van der Waals surface area contributed by atoms with Crippen molar-refractivity contribution in [1.82, 2.24) is 4.90 Å². The van der Waals surface area contributed by atoms with Crippen molar-refractivity contribution in [2.45, 2.75) is 32.9 Å². The third-order valence-electron chi connectivity index (χ3n) is 4.11. The second-order valence-corrected chi connectivity index (χ2v) is 5.26. The summed E-state index contributed by atoms with van der Waals surface area (Å²) >= 11 is 0. The number of aryl methyl sites for hydroxylation is 1. The van der Waals surface area contributed by atoms with Crippen molar-refractivity contribution in [2.24, 2.45) is 0 Å². The first-order chi connectivity index (χ1) is 8.65. The fourth-order valence-electron chi connectivity index (χ4n) is 2.68. The number of anilines is 1. The Kier molecular flexibility index (Phi) is 4.25. The van der Waals surface area contributed by atoms with Crippen molar-refractivity contribution in [3.8, 4) is 0 Å². The van der Waals surface area contributed by atoms with Crippen LogP contribution in [0.5, 0.6) is 0 Å². The lowest BCUT2D eigenvalue weighted by Crippen LogP contribution is -2.51. The molecule has 100 valence electrons. The van der Waals surface area contributed by atoms with Gasteiger partial charge < -0.3 is 10.0 Å². The molecule has 1 fully saturated rings. The number of benzene rings is 1. The predicted molar refractivity (Wildman–Crippen MR) is 76.0 cm³/mol. The van der Waals surface area contributed by atoms with Gasteiger partial charge in [0.05, 0.1) is 6.61 Å². The normalized spacial score (nSPS) is 21.3. The molecule has 2 rings (SSSR count). The Morgan fingerprint density at radius 3 is 2.72 bits per heavy atom. The molecule has 0 radical (unpaired) electrons. The highest BCUT2D eigenvalue weighted by atomic mass is 16.3. The third-order valence-corrected chi connectivity index (χ3v) is 4.11. The topological polar surface area (TPSA) is 26.7 Å². The number of hydrogen-bond donors (Lipinski definition) is 1. The van der Waals surface area contributed by atoms with E-state index in [4.69, 9.17) is 0 Å². The summed E-state index contributed by atoms with van der Waals surface area (Å²) in [5.41, 5.74) is 3.50. The lowest BCUT2D eigenvalue weighted by molar-refractivity contribution is 0.213. The van der Waals surface area contributed by atoms with Gasteiger partial charge in [0.15, 0.2) is 0 Å². The van der Waals surface area contributed by atoms with E-state index in [1.165, 1.54) is 17.7 Å². The van der Waals surface area contributed by atoms with Crippen LogP contribution in [-0.2, 0) is 6.61 Å². The van der Waals surface area contributed by atoms with Crippen molar-refractivity contribution in [1.29, 1.82) is 0 Å². The molecule has 1 saturated heterocycles. The smallest absolute Gasteiger partial charge is 0.0684 e. The summed E-state index contributed by atoms with van der Waals surface area (Å²) in [7, 11) is 2.21. The van der Waals surface area contributed by atoms with Gasteiger partial charge in [-0.2, -0.15) is 0 Å². The summed E-state index contributed by atoms with van der Waals surface area (Å²) in [5, 5.41) is 9.21. The largest absolute Gasteiger partial charge is 0.392 e. The van der Waals surface area contributed by atoms with Crippen LogP contribution < -0.4 is 4.90 Å². The number of rotatable bonds is 3. The van der Waals surface area contributed by atoms with E-state index < -0.39 is 0 Å². The Bertz CT molecular complexity index is 405. The molecule has 0 bridgehead atoms. The molecule has 1 heterocycles. The molecular weight excluding hydrogens is 224 g/mol. The van der Waals surface area contributed by atoms with Gasteiger partial charge in [-0.3, -0.25) is 4.90 Å². The van der Waals surface area contributed by atoms with Crippen LogP contribution in [0.1, 0.15) is 24.5 Å². The summed E-state index contributed by atoms with van der Waals surface area (Å²) in [4.78, 5) is 4.91. The number of piperazine rings is 1. The van der Waals surface area contributed by atoms with Crippen LogP contribution in [0.15, 0.2) is 18.2 Å². The summed E-state index contributed by atoms with van der Waals surface area (Å²) in [5.74, 6) is 0. The number of hydrogen-bond acceptors (Lipinski definition) is 3. The summed E-state index contributed by atoms with van der Waals surface area (Å²) in [6.45, 7) is 7.77. The zero-order valence-electron chi connectivity index (χ0n) is 11.7. The van der Waals surface area contributed by atoms with E-state index in [0.717, 1.165) is 25.2 Å². The van der Waals surface area contributed by atoms with Crippen LogP contribution in [0.25, 0.3) is 0 Å². The van der Waals surface area contributed by atoms with Crippen LogP contribution in [0.3, 0.4) is 0 Å². The molecule has 0 aliphatic carbocycles. The maximum atomic E-state index is 9.21. The first-order valence-corrected chi connectivity index (χ1v) is 6.81. The van der Waals surface area contributed by atoms with Gasteiger partial charge in [0.1, 0.15) is 0 Å². The standard InChI is InChI=1S/C15H24N2O/c1-4-14-10-17(8-7-16(14)3)15-6-5-13(11-18)12(2)9-15/h5-6,9,14,18H,4,7-8,10-11H2,1-3H3. The van der Waals surface area contributed by atoms with E-state index in [1.54, 1.807) is 0 Å². The minimum Gasteiger partial charge on any atom is -0.392 e. The van der Waals surface area contributed by atoms with Gasteiger partial charge in [-0.1, -0.05) is 13.0 Å². The molecule has 1 aliphatic heterocycles. The summed E-state index contributed by atoms with van der Waals surface area (Å²) in [6.07, 6.45) is 1.20. The molecule has 1 atom stereocenters. The highest BCUT2D eigenvalue weighted by molar-refractivity contribution is 5.51. The quantitative estimate of drug-likeness (QED) is 0.886. The molecule has 0 aromatic heterocycles. The second kappa shape index (κ2) is 5.72. The van der Waals surface area contributed by atoms with Crippen LogP contribution in [0.2, 0.25) is 0 Å². The molecule has 1 N–H and O–H groups in total. The second-order valence-electron chi connectivity index (χ2n) is 5.26. The molecule has 1 unspecified atom stereocenters. The highest BCUT2D eigenvalue weighted by Crippen LogP contribution is 2.22. The first kappa shape index (κ1) is 13.4. The monoisotopic (exact) mass is 248 g/mol. The van der Waals surface area contributed by atoms with E-state index >= 15 is 0 Å². The molecule has 1 aliphatic rings. The van der Waals surface area contributed by atoms with Crippen molar-refractivity contribution in [2.75, 3.05) is 31.6 Å². The van der Waals surface area contributed by atoms with Gasteiger partial charge in [-0.25, -0.2) is 0 Å². The van der Waals surface area contributed by atoms with Crippen LogP contribution in [-0.4, -0.2) is 42.7 Å². The summed E-state index contributed by atoms with van der Waals surface area (Å²) in [6, 6.07) is 7.03. The average Bonchev–Trinajstić information content (AvgIpc) is 2.39. The molecule has 0 spiro atoms. The highest BCUT2D eigenvalue weighted by Gasteiger charge is 2.23. The maximum absolute atomic E-state index is 9.21. The number of likely N-dealkylation sites (N-methyl/N-ethyl adjacent to an activating group) is 1. The molecule has 0 saturated carbocycles. The molecule has 3 heteroatoms. The number of nitrogens with zero attached hydrogens (tertiary/aromatic N) is 2. The third kappa shape index (κ3) is 2.68. The number of aliphatic hydroxyl groups excluding tert-OH is 1. The van der Waals surface area contributed by atoms with Crippen molar-refractivity contribution >= 4 is 5.69 Å². The first-order valence-electron chi connectivity index (χ1n) is 6.81. The van der Waals surface area contributed by atoms with Crippen LogP contribution in [0, 0.1) is 6.92 Å². The molecule has 1 aromatic carbocycles. The zero-order chi connectivity index (χ0) is 13.1. The predicted octanol–water partition coefficient (Wildman–Crippen LogP) is 2.02. The van der Waals surface area contributed by atoms with Crippen LogP contribution in [0.4, 0.5) is 5.69 Å².